The molecule has 1 amide bonds. The Hall–Kier alpha value is -2.27. The van der Waals surface area contributed by atoms with Gasteiger partial charge in [0, 0.05) is 5.22 Å². The van der Waals surface area contributed by atoms with Gasteiger partial charge in [-0.05, 0) is 44.5 Å². The molecule has 0 atom stereocenters. The molecule has 0 radical (unpaired) electrons. The zero-order valence-electron chi connectivity index (χ0n) is 12.2. The Bertz CT molecular complexity index is 811. The number of aliphatic hydroxyl groups is 1. The van der Waals surface area contributed by atoms with E-state index in [0.717, 1.165) is 5.56 Å². The molecule has 1 aliphatic carbocycles. The summed E-state index contributed by atoms with van der Waals surface area (Å²) in [6.45, 7) is 5.99. The van der Waals surface area contributed by atoms with Crippen molar-refractivity contribution in [2.45, 2.75) is 26.4 Å². The van der Waals surface area contributed by atoms with Crippen LogP contribution in [-0.4, -0.2) is 29.1 Å². The number of ether oxygens (including phenoxy) is 1. The van der Waals surface area contributed by atoms with E-state index in [9.17, 15) is 9.90 Å². The third-order valence-corrected chi connectivity index (χ3v) is 3.21. The van der Waals surface area contributed by atoms with Gasteiger partial charge in [-0.15, -0.1) is 0 Å². The van der Waals surface area contributed by atoms with Gasteiger partial charge >= 0.3 is 0 Å². The largest absolute Gasteiger partial charge is 0.507 e. The normalized spacial score (nSPS) is 16.4. The zero-order chi connectivity index (χ0) is 15.2. The van der Waals surface area contributed by atoms with Gasteiger partial charge in [0.05, 0.1) is 16.5 Å². The lowest BCUT2D eigenvalue weighted by Gasteiger charge is -2.19. The second kappa shape index (κ2) is 4.63. The van der Waals surface area contributed by atoms with E-state index in [0.29, 0.717) is 22.0 Å². The molecule has 1 heterocycles. The summed E-state index contributed by atoms with van der Waals surface area (Å²) in [6, 6.07) is 3.42. The van der Waals surface area contributed by atoms with Crippen molar-refractivity contribution in [2.75, 3.05) is 6.61 Å². The summed E-state index contributed by atoms with van der Waals surface area (Å²) in [5, 5.41) is 10.9. The highest BCUT2D eigenvalue weighted by atomic mass is 16.5. The van der Waals surface area contributed by atoms with Gasteiger partial charge in [-0.2, -0.15) is 4.99 Å². The van der Waals surface area contributed by atoms with Crippen LogP contribution in [0.1, 0.15) is 36.7 Å². The Balaban J connectivity index is 2.01. The van der Waals surface area contributed by atoms with Crippen molar-refractivity contribution in [3.63, 3.8) is 0 Å². The van der Waals surface area contributed by atoms with Crippen molar-refractivity contribution >= 4 is 23.6 Å². The van der Waals surface area contributed by atoms with Gasteiger partial charge in [0.2, 0.25) is 0 Å². The van der Waals surface area contributed by atoms with Crippen LogP contribution in [0.5, 0.6) is 0 Å². The number of rotatable bonds is 2. The number of aliphatic hydroxyl groups excluding tert-OH is 1. The lowest BCUT2D eigenvalue weighted by atomic mass is 10.1. The van der Waals surface area contributed by atoms with Crippen molar-refractivity contribution in [3.8, 4) is 0 Å². The molecule has 0 saturated heterocycles. The first kappa shape index (κ1) is 13.7. The first-order valence-electron chi connectivity index (χ1n) is 6.73. The lowest BCUT2D eigenvalue weighted by Crippen LogP contribution is -2.30. The summed E-state index contributed by atoms with van der Waals surface area (Å²) >= 11 is 0. The fourth-order valence-corrected chi connectivity index (χ4v) is 2.17. The highest BCUT2D eigenvalue weighted by molar-refractivity contribution is 6.06. The molecule has 2 aliphatic rings. The van der Waals surface area contributed by atoms with Crippen LogP contribution in [0.25, 0.3) is 11.8 Å². The van der Waals surface area contributed by atoms with Crippen LogP contribution in [0, 0.1) is 0 Å². The van der Waals surface area contributed by atoms with E-state index in [1.165, 1.54) is 0 Å². The third-order valence-electron chi connectivity index (χ3n) is 3.21. The van der Waals surface area contributed by atoms with Gasteiger partial charge in [0.15, 0.2) is 5.84 Å². The average Bonchev–Trinajstić information content (AvgIpc) is 2.75. The van der Waals surface area contributed by atoms with Gasteiger partial charge in [-0.25, -0.2) is 4.99 Å². The van der Waals surface area contributed by atoms with Crippen LogP contribution in [0.4, 0.5) is 0 Å². The van der Waals surface area contributed by atoms with Gasteiger partial charge < -0.3 is 9.84 Å². The van der Waals surface area contributed by atoms with Crippen LogP contribution in [0.2, 0.25) is 0 Å². The molecule has 0 spiro atoms. The minimum absolute atomic E-state index is 0.159. The SMILES string of the molecule is CC(C)(C)OCC1=NC(=O)c2cc3c(cc2=N1)C=CC=3O. The maximum atomic E-state index is 12.1. The maximum absolute atomic E-state index is 12.1. The van der Waals surface area contributed by atoms with Crippen LogP contribution in [0.15, 0.2) is 28.2 Å². The highest BCUT2D eigenvalue weighted by Gasteiger charge is 2.19. The number of benzene rings is 1. The van der Waals surface area contributed by atoms with Gasteiger partial charge in [0.25, 0.3) is 5.91 Å². The zero-order valence-corrected chi connectivity index (χ0v) is 12.2. The maximum Gasteiger partial charge on any atom is 0.281 e. The van der Waals surface area contributed by atoms with Crippen molar-refractivity contribution < 1.29 is 14.6 Å². The second-order valence-electron chi connectivity index (χ2n) is 6.02. The Morgan fingerprint density at radius 1 is 1.19 bits per heavy atom. The van der Waals surface area contributed by atoms with E-state index in [1.807, 2.05) is 20.8 Å². The minimum Gasteiger partial charge on any atom is -0.507 e. The first-order valence-corrected chi connectivity index (χ1v) is 6.73. The molecule has 0 saturated carbocycles. The molecular formula is C16H16N2O3. The summed E-state index contributed by atoms with van der Waals surface area (Å²) < 4.78 is 5.61. The number of carbonyl (C=O) groups excluding carboxylic acids is 1. The van der Waals surface area contributed by atoms with Crippen LogP contribution >= 0.6 is 0 Å². The molecular weight excluding hydrogens is 268 g/mol. The number of hydrogen-bond donors (Lipinski definition) is 1. The minimum atomic E-state index is -0.352. The second-order valence-corrected chi connectivity index (χ2v) is 6.02. The van der Waals surface area contributed by atoms with E-state index in [2.05, 4.69) is 9.98 Å². The van der Waals surface area contributed by atoms with Crippen LogP contribution in [0.3, 0.4) is 0 Å². The molecule has 5 heteroatoms. The number of amides is 1. The summed E-state index contributed by atoms with van der Waals surface area (Å²) in [6.07, 6.45) is 3.40. The Labute approximate surface area is 122 Å². The number of nitrogens with zero attached hydrogens (tertiary/aromatic N) is 2. The lowest BCUT2D eigenvalue weighted by molar-refractivity contribution is 0.0207. The molecule has 1 aliphatic heterocycles. The molecule has 0 bridgehead atoms. The van der Waals surface area contributed by atoms with Crippen molar-refractivity contribution in [1.82, 2.24) is 0 Å². The van der Waals surface area contributed by atoms with Crippen molar-refractivity contribution in [2.24, 2.45) is 9.98 Å². The topological polar surface area (TPSA) is 71.2 Å². The standard InChI is InChI=1S/C16H16N2O3/c1-16(2,3)21-8-14-17-12-6-9-4-5-13(19)10(9)7-11(12)15(20)18-14/h4-7,19H,8H2,1-3H3. The summed E-state index contributed by atoms with van der Waals surface area (Å²) in [7, 11) is 0. The average molecular weight is 284 g/mol. The molecule has 0 unspecified atom stereocenters. The van der Waals surface area contributed by atoms with Crippen LogP contribution < -0.4 is 10.6 Å². The number of amidine groups is 1. The molecule has 1 aromatic rings. The summed E-state index contributed by atoms with van der Waals surface area (Å²) in [5.41, 5.74) is 0.937. The molecule has 1 N–H and O–H groups in total. The smallest absolute Gasteiger partial charge is 0.281 e. The van der Waals surface area contributed by atoms with E-state index >= 15 is 0 Å². The number of aliphatic imine (C=N–C) groups is 1. The number of hydrogen-bond acceptors (Lipinski definition) is 4. The first-order chi connectivity index (χ1) is 9.83. The number of fused-ring (bicyclic) bond motifs is 2. The van der Waals surface area contributed by atoms with Crippen molar-refractivity contribution in [1.29, 1.82) is 0 Å². The highest BCUT2D eigenvalue weighted by Crippen LogP contribution is 2.11. The molecule has 108 valence electrons. The third kappa shape index (κ3) is 2.64. The predicted molar refractivity (Wildman–Crippen MR) is 79.8 cm³/mol. The molecule has 1 aromatic carbocycles. The van der Waals surface area contributed by atoms with E-state index in [-0.39, 0.29) is 23.9 Å². The van der Waals surface area contributed by atoms with E-state index in [4.69, 9.17) is 4.74 Å². The molecule has 3 rings (SSSR count). The molecule has 5 nitrogen and oxygen atoms in total. The number of carbonyl (C=O) groups is 1. The quantitative estimate of drug-likeness (QED) is 0.891. The van der Waals surface area contributed by atoms with Crippen molar-refractivity contribution in [3.05, 3.63) is 39.9 Å². The van der Waals surface area contributed by atoms with Gasteiger partial charge in [0.1, 0.15) is 12.4 Å². The Kier molecular flexibility index (Phi) is 3.02. The summed E-state index contributed by atoms with van der Waals surface area (Å²) in [5.74, 6) is 0.180. The van der Waals surface area contributed by atoms with E-state index in [1.54, 1.807) is 24.3 Å². The van der Waals surface area contributed by atoms with E-state index < -0.39 is 0 Å². The monoisotopic (exact) mass is 284 g/mol. The fourth-order valence-electron chi connectivity index (χ4n) is 2.17. The molecule has 0 fully saturated rings. The Morgan fingerprint density at radius 2 is 1.95 bits per heavy atom. The van der Waals surface area contributed by atoms with Crippen LogP contribution in [-0.2, 0) is 4.74 Å². The molecule has 0 aromatic heterocycles. The predicted octanol–water partition coefficient (Wildman–Crippen LogP) is 1.37. The summed E-state index contributed by atoms with van der Waals surface area (Å²) in [4.78, 5) is 20.4. The molecule has 21 heavy (non-hydrogen) atoms. The Morgan fingerprint density at radius 3 is 2.67 bits per heavy atom. The van der Waals surface area contributed by atoms with Gasteiger partial charge in [-0.1, -0.05) is 6.08 Å². The fraction of sp³-hybridized carbons (Fsp3) is 0.312. The van der Waals surface area contributed by atoms with Gasteiger partial charge in [-0.3, -0.25) is 4.79 Å².